The first-order valence-electron chi connectivity index (χ1n) is 8.59. The lowest BCUT2D eigenvalue weighted by Crippen LogP contribution is -2.30. The van der Waals surface area contributed by atoms with Crippen molar-refractivity contribution >= 4 is 11.9 Å². The van der Waals surface area contributed by atoms with Gasteiger partial charge in [-0.1, -0.05) is 6.07 Å². The molecule has 0 fully saturated rings. The zero-order valence-electron chi connectivity index (χ0n) is 15.4. The van der Waals surface area contributed by atoms with Gasteiger partial charge in [0.05, 0.1) is 24.7 Å². The molecule has 2 aliphatic rings. The highest BCUT2D eigenvalue weighted by Gasteiger charge is 2.40. The Morgan fingerprint density at radius 1 is 1.07 bits per heavy atom. The summed E-state index contributed by atoms with van der Waals surface area (Å²) in [5.41, 5.74) is 6.83. The number of hydrogen-bond acceptors (Lipinski definition) is 8. The van der Waals surface area contributed by atoms with E-state index in [9.17, 15) is 9.59 Å². The number of esters is 2. The maximum Gasteiger partial charge on any atom is 0.340 e. The summed E-state index contributed by atoms with van der Waals surface area (Å²) in [5, 5.41) is 0. The van der Waals surface area contributed by atoms with E-state index < -0.39 is 17.9 Å². The maximum atomic E-state index is 12.6. The predicted molar refractivity (Wildman–Crippen MR) is 93.6 cm³/mol. The molecule has 0 aromatic heterocycles. The molecule has 0 saturated heterocycles. The predicted octanol–water partition coefficient (Wildman–Crippen LogP) is 2.10. The van der Waals surface area contributed by atoms with Crippen LogP contribution in [-0.4, -0.2) is 31.9 Å². The molecule has 0 radical (unpaired) electrons. The van der Waals surface area contributed by atoms with Gasteiger partial charge >= 0.3 is 11.9 Å². The van der Waals surface area contributed by atoms with Crippen LogP contribution >= 0.6 is 0 Å². The van der Waals surface area contributed by atoms with Crippen LogP contribution in [0.1, 0.15) is 32.3 Å². The summed E-state index contributed by atoms with van der Waals surface area (Å²) in [6, 6.07) is 5.16. The molecule has 0 amide bonds. The lowest BCUT2D eigenvalue weighted by molar-refractivity contribution is -0.140. The Morgan fingerprint density at radius 2 is 1.70 bits per heavy atom. The van der Waals surface area contributed by atoms with Crippen LogP contribution in [0.25, 0.3) is 0 Å². The van der Waals surface area contributed by atoms with E-state index in [1.54, 1.807) is 39.0 Å². The highest BCUT2D eigenvalue weighted by molar-refractivity contribution is 5.99. The first kappa shape index (κ1) is 18.6. The van der Waals surface area contributed by atoms with Crippen molar-refractivity contribution in [2.45, 2.75) is 26.7 Å². The van der Waals surface area contributed by atoms with Crippen molar-refractivity contribution in [1.82, 2.24) is 0 Å². The Balaban J connectivity index is 2.14. The van der Waals surface area contributed by atoms with E-state index >= 15 is 0 Å². The van der Waals surface area contributed by atoms with Gasteiger partial charge in [-0.2, -0.15) is 0 Å². The van der Waals surface area contributed by atoms with Gasteiger partial charge in [0.2, 0.25) is 12.7 Å². The minimum absolute atomic E-state index is 0.0457. The third-order valence-electron chi connectivity index (χ3n) is 4.21. The van der Waals surface area contributed by atoms with E-state index in [4.69, 9.17) is 29.4 Å². The largest absolute Gasteiger partial charge is 0.463 e. The summed E-state index contributed by atoms with van der Waals surface area (Å²) in [5.74, 6) is -0.811. The van der Waals surface area contributed by atoms with Gasteiger partial charge in [-0.15, -0.1) is 0 Å². The van der Waals surface area contributed by atoms with E-state index in [0.29, 0.717) is 17.1 Å². The Bertz CT molecular complexity index is 800. The van der Waals surface area contributed by atoms with Crippen molar-refractivity contribution in [2.24, 2.45) is 5.73 Å². The van der Waals surface area contributed by atoms with Crippen LogP contribution < -0.4 is 15.2 Å². The number of ether oxygens (including phenoxy) is 5. The van der Waals surface area contributed by atoms with Gasteiger partial charge in [0.25, 0.3) is 0 Å². The molecule has 1 aromatic rings. The van der Waals surface area contributed by atoms with E-state index in [2.05, 4.69) is 0 Å². The van der Waals surface area contributed by atoms with Crippen molar-refractivity contribution in [3.05, 3.63) is 46.6 Å². The van der Waals surface area contributed by atoms with Crippen LogP contribution in [-0.2, 0) is 23.8 Å². The third-order valence-corrected chi connectivity index (χ3v) is 4.21. The number of rotatable bonds is 5. The molecule has 8 nitrogen and oxygen atoms in total. The monoisotopic (exact) mass is 375 g/mol. The smallest absolute Gasteiger partial charge is 0.340 e. The van der Waals surface area contributed by atoms with Crippen LogP contribution in [0.3, 0.4) is 0 Å². The van der Waals surface area contributed by atoms with Gasteiger partial charge in [-0.05, 0) is 38.5 Å². The standard InChI is InChI=1S/C19H21NO7/c1-4-23-18(21)14-10(3)27-17(20)16(19(22)24-5-2)15(14)11-6-7-12-13(8-11)26-9-25-12/h6-8,15H,4-5,9,20H2,1-3H3. The Hall–Kier alpha value is -3.16. The van der Waals surface area contributed by atoms with E-state index in [-0.39, 0.29) is 42.8 Å². The summed E-state index contributed by atoms with van der Waals surface area (Å²) in [6.07, 6.45) is 0. The van der Waals surface area contributed by atoms with Gasteiger partial charge in [0.15, 0.2) is 11.5 Å². The number of nitrogens with two attached hydrogens (primary N) is 1. The molecule has 0 saturated carbocycles. The van der Waals surface area contributed by atoms with Gasteiger partial charge in [0.1, 0.15) is 11.3 Å². The van der Waals surface area contributed by atoms with Crippen LogP contribution in [0.5, 0.6) is 11.5 Å². The lowest BCUT2D eigenvalue weighted by atomic mass is 9.82. The van der Waals surface area contributed by atoms with Crippen LogP contribution in [0.15, 0.2) is 41.0 Å². The molecule has 1 atom stereocenters. The molecule has 8 heteroatoms. The normalized spacial score (nSPS) is 18.3. The molecule has 2 heterocycles. The Kier molecular flexibility index (Phi) is 5.25. The lowest BCUT2D eigenvalue weighted by Gasteiger charge is -2.28. The third kappa shape index (κ3) is 3.42. The molecule has 0 spiro atoms. The average Bonchev–Trinajstić information content (AvgIpc) is 3.08. The fraction of sp³-hybridized carbons (Fsp3) is 0.368. The van der Waals surface area contributed by atoms with E-state index in [0.717, 1.165) is 0 Å². The highest BCUT2D eigenvalue weighted by Crippen LogP contribution is 2.43. The molecule has 3 rings (SSSR count). The maximum absolute atomic E-state index is 12.6. The molecular formula is C19H21NO7. The fourth-order valence-electron chi connectivity index (χ4n) is 3.09. The van der Waals surface area contributed by atoms with Crippen LogP contribution in [0.4, 0.5) is 0 Å². The zero-order valence-corrected chi connectivity index (χ0v) is 15.4. The van der Waals surface area contributed by atoms with Crippen molar-refractivity contribution in [3.63, 3.8) is 0 Å². The Labute approximate surface area is 156 Å². The summed E-state index contributed by atoms with van der Waals surface area (Å²) in [6.45, 7) is 5.42. The summed E-state index contributed by atoms with van der Waals surface area (Å²) >= 11 is 0. The first-order valence-corrected chi connectivity index (χ1v) is 8.59. The SMILES string of the molecule is CCOC(=O)C1=C(C)OC(N)=C(C(=O)OCC)C1c1ccc2c(c1)OCO2. The Morgan fingerprint density at radius 3 is 2.37 bits per heavy atom. The van der Waals surface area contributed by atoms with Gasteiger partial charge in [0, 0.05) is 0 Å². The van der Waals surface area contributed by atoms with Gasteiger partial charge < -0.3 is 29.4 Å². The molecule has 144 valence electrons. The van der Waals surface area contributed by atoms with Crippen molar-refractivity contribution in [3.8, 4) is 11.5 Å². The van der Waals surface area contributed by atoms with Crippen molar-refractivity contribution in [2.75, 3.05) is 20.0 Å². The second kappa shape index (κ2) is 7.61. The summed E-state index contributed by atoms with van der Waals surface area (Å²) in [7, 11) is 0. The van der Waals surface area contributed by atoms with Crippen molar-refractivity contribution in [1.29, 1.82) is 0 Å². The number of benzene rings is 1. The van der Waals surface area contributed by atoms with Crippen molar-refractivity contribution < 1.29 is 33.3 Å². The molecule has 27 heavy (non-hydrogen) atoms. The molecule has 0 aliphatic carbocycles. The van der Waals surface area contributed by atoms with Gasteiger partial charge in [-0.25, -0.2) is 9.59 Å². The number of hydrogen-bond donors (Lipinski definition) is 1. The number of allylic oxidation sites excluding steroid dienone is 1. The summed E-state index contributed by atoms with van der Waals surface area (Å²) in [4.78, 5) is 25.2. The zero-order chi connectivity index (χ0) is 19.6. The number of carbonyl (C=O) groups is 2. The van der Waals surface area contributed by atoms with Crippen LogP contribution in [0.2, 0.25) is 0 Å². The first-order chi connectivity index (χ1) is 13.0. The minimum Gasteiger partial charge on any atom is -0.463 e. The number of carbonyl (C=O) groups excluding carboxylic acids is 2. The highest BCUT2D eigenvalue weighted by atomic mass is 16.7. The van der Waals surface area contributed by atoms with E-state index in [1.165, 1.54) is 0 Å². The van der Waals surface area contributed by atoms with Crippen LogP contribution in [0, 0.1) is 0 Å². The van der Waals surface area contributed by atoms with E-state index in [1.807, 2.05) is 0 Å². The number of fused-ring (bicyclic) bond motifs is 1. The second-order valence-corrected chi connectivity index (χ2v) is 5.84. The molecular weight excluding hydrogens is 354 g/mol. The topological polar surface area (TPSA) is 106 Å². The molecule has 1 unspecified atom stereocenters. The molecule has 2 aliphatic heterocycles. The van der Waals surface area contributed by atoms with Gasteiger partial charge in [-0.3, -0.25) is 0 Å². The molecule has 1 aromatic carbocycles. The average molecular weight is 375 g/mol. The fourth-order valence-corrected chi connectivity index (χ4v) is 3.09. The minimum atomic E-state index is -0.814. The summed E-state index contributed by atoms with van der Waals surface area (Å²) < 4.78 is 26.5. The molecule has 0 bridgehead atoms. The molecule has 2 N–H and O–H groups in total. The quantitative estimate of drug-likeness (QED) is 0.780. The second-order valence-electron chi connectivity index (χ2n) is 5.84.